The van der Waals surface area contributed by atoms with Crippen molar-refractivity contribution in [1.29, 1.82) is 0 Å². The summed E-state index contributed by atoms with van der Waals surface area (Å²) in [6.45, 7) is 6.63. The van der Waals surface area contributed by atoms with Gasteiger partial charge in [0.25, 0.3) is 0 Å². The highest BCUT2D eigenvalue weighted by molar-refractivity contribution is 7.98. The molecule has 1 heterocycles. The quantitative estimate of drug-likeness (QED) is 0.684. The van der Waals surface area contributed by atoms with E-state index >= 15 is 0 Å². The molecule has 2 aromatic rings. The van der Waals surface area contributed by atoms with E-state index in [9.17, 15) is 0 Å². The monoisotopic (exact) mass is 220 g/mol. The SMILES string of the molecule is CSc1nc2ccccc2n1C(C)(C)C. The third kappa shape index (κ3) is 1.76. The van der Waals surface area contributed by atoms with Crippen molar-refractivity contribution < 1.29 is 0 Å². The number of para-hydroxylation sites is 2. The fraction of sp³-hybridized carbons (Fsp3) is 0.417. The van der Waals surface area contributed by atoms with Crippen LogP contribution < -0.4 is 0 Å². The molecule has 0 bridgehead atoms. The Kier molecular flexibility index (Phi) is 2.51. The molecule has 0 N–H and O–H groups in total. The zero-order chi connectivity index (χ0) is 11.1. The highest BCUT2D eigenvalue weighted by Gasteiger charge is 2.20. The summed E-state index contributed by atoms with van der Waals surface area (Å²) >= 11 is 1.70. The van der Waals surface area contributed by atoms with E-state index in [2.05, 4.69) is 54.8 Å². The number of nitrogens with zero attached hydrogens (tertiary/aromatic N) is 2. The Labute approximate surface area is 94.7 Å². The second-order valence-corrected chi connectivity index (χ2v) is 5.37. The molecule has 15 heavy (non-hydrogen) atoms. The molecular formula is C12H16N2S. The predicted molar refractivity (Wildman–Crippen MR) is 66.5 cm³/mol. The summed E-state index contributed by atoms with van der Waals surface area (Å²) in [6, 6.07) is 8.30. The molecule has 1 aromatic carbocycles. The van der Waals surface area contributed by atoms with Gasteiger partial charge in [-0.2, -0.15) is 0 Å². The highest BCUT2D eigenvalue weighted by Crippen LogP contribution is 2.29. The van der Waals surface area contributed by atoms with Crippen LogP contribution in [0.3, 0.4) is 0 Å². The molecule has 0 unspecified atom stereocenters. The van der Waals surface area contributed by atoms with Crippen molar-refractivity contribution in [2.24, 2.45) is 0 Å². The second kappa shape index (κ2) is 3.56. The Balaban J connectivity index is 2.79. The van der Waals surface area contributed by atoms with Crippen molar-refractivity contribution in [2.45, 2.75) is 31.5 Å². The van der Waals surface area contributed by atoms with E-state index in [1.165, 1.54) is 5.52 Å². The maximum absolute atomic E-state index is 4.62. The predicted octanol–water partition coefficient (Wildman–Crippen LogP) is 3.51. The van der Waals surface area contributed by atoms with Gasteiger partial charge in [0, 0.05) is 5.54 Å². The third-order valence-corrected chi connectivity index (χ3v) is 3.02. The van der Waals surface area contributed by atoms with Gasteiger partial charge in [0.05, 0.1) is 11.0 Å². The molecule has 0 saturated carbocycles. The van der Waals surface area contributed by atoms with Gasteiger partial charge in [-0.05, 0) is 39.2 Å². The van der Waals surface area contributed by atoms with Crippen LogP contribution in [0, 0.1) is 0 Å². The van der Waals surface area contributed by atoms with Crippen molar-refractivity contribution in [3.05, 3.63) is 24.3 Å². The van der Waals surface area contributed by atoms with Crippen LogP contribution in [0.15, 0.2) is 29.4 Å². The standard InChI is InChI=1S/C12H16N2S/c1-12(2,3)14-10-8-6-5-7-9(10)13-11(14)15-4/h5-8H,1-4H3. The first-order valence-electron chi connectivity index (χ1n) is 5.06. The van der Waals surface area contributed by atoms with Crippen LogP contribution in [0.4, 0.5) is 0 Å². The maximum Gasteiger partial charge on any atom is 0.169 e. The Bertz CT molecular complexity index is 480. The summed E-state index contributed by atoms with van der Waals surface area (Å²) in [5, 5.41) is 1.09. The summed E-state index contributed by atoms with van der Waals surface area (Å²) in [4.78, 5) is 4.62. The van der Waals surface area contributed by atoms with Crippen LogP contribution >= 0.6 is 11.8 Å². The van der Waals surface area contributed by atoms with Crippen LogP contribution in [-0.4, -0.2) is 15.8 Å². The molecule has 0 radical (unpaired) electrons. The van der Waals surface area contributed by atoms with Crippen molar-refractivity contribution >= 4 is 22.8 Å². The van der Waals surface area contributed by atoms with Crippen LogP contribution in [0.1, 0.15) is 20.8 Å². The van der Waals surface area contributed by atoms with Gasteiger partial charge in [-0.1, -0.05) is 23.9 Å². The average molecular weight is 220 g/mol. The average Bonchev–Trinajstić information content (AvgIpc) is 2.54. The zero-order valence-electron chi connectivity index (χ0n) is 9.61. The highest BCUT2D eigenvalue weighted by atomic mass is 32.2. The summed E-state index contributed by atoms with van der Waals surface area (Å²) in [5.74, 6) is 0. The molecule has 2 nitrogen and oxygen atoms in total. The summed E-state index contributed by atoms with van der Waals surface area (Å²) in [5.41, 5.74) is 2.38. The molecule has 3 heteroatoms. The molecule has 0 saturated heterocycles. The van der Waals surface area contributed by atoms with Crippen LogP contribution in [0.2, 0.25) is 0 Å². The van der Waals surface area contributed by atoms with E-state index < -0.39 is 0 Å². The lowest BCUT2D eigenvalue weighted by Crippen LogP contribution is -2.22. The number of rotatable bonds is 1. The van der Waals surface area contributed by atoms with Crippen LogP contribution in [-0.2, 0) is 5.54 Å². The van der Waals surface area contributed by atoms with Crippen LogP contribution in [0.5, 0.6) is 0 Å². The molecule has 0 atom stereocenters. The Morgan fingerprint density at radius 1 is 1.20 bits per heavy atom. The Hall–Kier alpha value is -0.960. The molecule has 0 amide bonds. The van der Waals surface area contributed by atoms with E-state index in [0.29, 0.717) is 0 Å². The maximum atomic E-state index is 4.62. The summed E-state index contributed by atoms with van der Waals surface area (Å²) < 4.78 is 2.30. The lowest BCUT2D eigenvalue weighted by Gasteiger charge is -2.23. The van der Waals surface area contributed by atoms with E-state index in [4.69, 9.17) is 0 Å². The number of imidazole rings is 1. The number of thioether (sulfide) groups is 1. The molecule has 0 spiro atoms. The van der Waals surface area contributed by atoms with Crippen LogP contribution in [0.25, 0.3) is 11.0 Å². The first kappa shape index (κ1) is 10.6. The van der Waals surface area contributed by atoms with Gasteiger partial charge in [-0.3, -0.25) is 0 Å². The molecule has 2 rings (SSSR count). The van der Waals surface area contributed by atoms with Gasteiger partial charge in [0.1, 0.15) is 0 Å². The fourth-order valence-corrected chi connectivity index (χ4v) is 2.53. The van der Waals surface area contributed by atoms with Gasteiger partial charge >= 0.3 is 0 Å². The number of aromatic nitrogens is 2. The molecule has 0 fully saturated rings. The van der Waals surface area contributed by atoms with Gasteiger partial charge < -0.3 is 4.57 Å². The topological polar surface area (TPSA) is 17.8 Å². The van der Waals surface area contributed by atoms with E-state index in [-0.39, 0.29) is 5.54 Å². The lowest BCUT2D eigenvalue weighted by molar-refractivity contribution is 0.379. The number of hydrogen-bond acceptors (Lipinski definition) is 2. The molecule has 0 aliphatic rings. The van der Waals surface area contributed by atoms with Gasteiger partial charge in [0.2, 0.25) is 0 Å². The number of hydrogen-bond donors (Lipinski definition) is 0. The third-order valence-electron chi connectivity index (χ3n) is 2.38. The molecule has 80 valence electrons. The van der Waals surface area contributed by atoms with Crippen molar-refractivity contribution in [3.63, 3.8) is 0 Å². The largest absolute Gasteiger partial charge is 0.314 e. The first-order chi connectivity index (χ1) is 7.04. The Morgan fingerprint density at radius 2 is 1.87 bits per heavy atom. The zero-order valence-corrected chi connectivity index (χ0v) is 10.4. The number of fused-ring (bicyclic) bond motifs is 1. The van der Waals surface area contributed by atoms with Gasteiger partial charge in [-0.25, -0.2) is 4.98 Å². The van der Waals surface area contributed by atoms with E-state index in [1.807, 2.05) is 6.07 Å². The van der Waals surface area contributed by atoms with Crippen molar-refractivity contribution in [1.82, 2.24) is 9.55 Å². The lowest BCUT2D eigenvalue weighted by atomic mass is 10.1. The molecular weight excluding hydrogens is 204 g/mol. The van der Waals surface area contributed by atoms with Gasteiger partial charge in [0.15, 0.2) is 5.16 Å². The second-order valence-electron chi connectivity index (χ2n) is 4.59. The Morgan fingerprint density at radius 3 is 2.47 bits per heavy atom. The normalized spacial score (nSPS) is 12.3. The minimum atomic E-state index is 0.0778. The summed E-state index contributed by atoms with van der Waals surface area (Å²) in [7, 11) is 0. The minimum Gasteiger partial charge on any atom is -0.314 e. The molecule has 1 aromatic heterocycles. The van der Waals surface area contributed by atoms with E-state index in [1.54, 1.807) is 11.8 Å². The van der Waals surface area contributed by atoms with Crippen molar-refractivity contribution in [3.8, 4) is 0 Å². The smallest absolute Gasteiger partial charge is 0.169 e. The van der Waals surface area contributed by atoms with E-state index in [0.717, 1.165) is 10.7 Å². The van der Waals surface area contributed by atoms with Gasteiger partial charge in [-0.15, -0.1) is 0 Å². The molecule has 0 aliphatic heterocycles. The van der Waals surface area contributed by atoms with Crippen molar-refractivity contribution in [2.75, 3.05) is 6.26 Å². The minimum absolute atomic E-state index is 0.0778. The summed E-state index contributed by atoms with van der Waals surface area (Å²) in [6.07, 6.45) is 2.07. The number of benzene rings is 1. The molecule has 0 aliphatic carbocycles. The fourth-order valence-electron chi connectivity index (χ4n) is 1.79. The first-order valence-corrected chi connectivity index (χ1v) is 6.28.